The molecule has 3 unspecified atom stereocenters. The molecule has 128 valence electrons. The van der Waals surface area contributed by atoms with Crippen LogP contribution in [0.2, 0.25) is 0 Å². The molecule has 3 aliphatic rings. The summed E-state index contributed by atoms with van der Waals surface area (Å²) in [4.78, 5) is 18.1. The van der Waals surface area contributed by atoms with E-state index in [1.165, 1.54) is 32.2 Å². The highest BCUT2D eigenvalue weighted by Crippen LogP contribution is 2.48. The smallest absolute Gasteiger partial charge is 0.306 e. The Morgan fingerprint density at radius 3 is 2.62 bits per heavy atom. The summed E-state index contributed by atoms with van der Waals surface area (Å²) in [7, 11) is 0. The van der Waals surface area contributed by atoms with Gasteiger partial charge >= 0.3 is 5.69 Å². The van der Waals surface area contributed by atoms with Gasteiger partial charge in [-0.2, -0.15) is 0 Å². The van der Waals surface area contributed by atoms with E-state index in [2.05, 4.69) is 16.0 Å². The maximum absolute atomic E-state index is 12.4. The summed E-state index contributed by atoms with van der Waals surface area (Å²) in [6, 6.07) is 8.42. The van der Waals surface area contributed by atoms with Gasteiger partial charge in [0.2, 0.25) is 0 Å². The van der Waals surface area contributed by atoms with Gasteiger partial charge in [0.25, 0.3) is 0 Å². The van der Waals surface area contributed by atoms with Crippen molar-refractivity contribution in [2.75, 3.05) is 19.6 Å². The molecule has 4 heteroatoms. The van der Waals surface area contributed by atoms with Crippen molar-refractivity contribution in [2.24, 2.45) is 17.8 Å². The zero-order chi connectivity index (χ0) is 16.1. The summed E-state index contributed by atoms with van der Waals surface area (Å²) in [5.41, 5.74) is 2.09. The predicted octanol–water partition coefficient (Wildman–Crippen LogP) is 3.40. The van der Waals surface area contributed by atoms with Crippen molar-refractivity contribution in [3.05, 3.63) is 34.7 Å². The lowest BCUT2D eigenvalue weighted by Crippen LogP contribution is -2.40. The number of likely N-dealkylation sites (tertiary alicyclic amines) is 1. The molecule has 0 amide bonds. The second-order valence-corrected chi connectivity index (χ2v) is 8.28. The van der Waals surface area contributed by atoms with Crippen LogP contribution in [0.1, 0.15) is 44.6 Å². The molecule has 1 aromatic carbocycles. The Morgan fingerprint density at radius 1 is 1.04 bits per heavy atom. The fraction of sp³-hybridized carbons (Fsp3) is 0.650. The van der Waals surface area contributed by atoms with Crippen LogP contribution in [0.4, 0.5) is 0 Å². The van der Waals surface area contributed by atoms with E-state index in [1.54, 1.807) is 0 Å². The Morgan fingerprint density at radius 2 is 1.88 bits per heavy atom. The molecule has 0 radical (unpaired) electrons. The maximum atomic E-state index is 12.4. The molecule has 2 aliphatic carbocycles. The number of fused-ring (bicyclic) bond motifs is 3. The Kier molecular flexibility index (Phi) is 3.55. The van der Waals surface area contributed by atoms with Crippen LogP contribution in [0, 0.1) is 17.8 Å². The topological polar surface area (TPSA) is 41.0 Å². The maximum Gasteiger partial charge on any atom is 0.326 e. The number of benzene rings is 1. The average Bonchev–Trinajstić information content (AvgIpc) is 3.29. The molecule has 1 saturated heterocycles. The number of para-hydroxylation sites is 2. The molecule has 0 spiro atoms. The number of aromatic nitrogens is 2. The predicted molar refractivity (Wildman–Crippen MR) is 96.2 cm³/mol. The lowest BCUT2D eigenvalue weighted by molar-refractivity contribution is 0.141. The highest BCUT2D eigenvalue weighted by atomic mass is 16.1. The fourth-order valence-corrected chi connectivity index (χ4v) is 5.73. The van der Waals surface area contributed by atoms with Gasteiger partial charge in [0.15, 0.2) is 0 Å². The Bertz CT molecular complexity index is 784. The van der Waals surface area contributed by atoms with Crippen LogP contribution >= 0.6 is 0 Å². The molecule has 2 bridgehead atoms. The first kappa shape index (κ1) is 14.8. The van der Waals surface area contributed by atoms with E-state index in [-0.39, 0.29) is 5.69 Å². The summed E-state index contributed by atoms with van der Waals surface area (Å²) < 4.78 is 2.00. The van der Waals surface area contributed by atoms with Crippen molar-refractivity contribution in [2.45, 2.75) is 44.6 Å². The molecule has 1 aromatic heterocycles. The van der Waals surface area contributed by atoms with Gasteiger partial charge in [0.1, 0.15) is 0 Å². The van der Waals surface area contributed by atoms with E-state index in [4.69, 9.17) is 0 Å². The van der Waals surface area contributed by atoms with E-state index in [0.29, 0.717) is 6.04 Å². The quantitative estimate of drug-likeness (QED) is 0.939. The third-order valence-corrected chi connectivity index (χ3v) is 6.92. The summed E-state index contributed by atoms with van der Waals surface area (Å²) in [5.74, 6) is 3.02. The fourth-order valence-electron chi connectivity index (χ4n) is 5.73. The van der Waals surface area contributed by atoms with Crippen LogP contribution in [-0.4, -0.2) is 34.1 Å². The van der Waals surface area contributed by atoms with Crippen molar-refractivity contribution in [1.82, 2.24) is 14.5 Å². The highest BCUT2D eigenvalue weighted by molar-refractivity contribution is 5.75. The van der Waals surface area contributed by atoms with Gasteiger partial charge in [0, 0.05) is 25.7 Å². The molecular weight excluding hydrogens is 298 g/mol. The standard InChI is InChI=1S/C20H27N3O/c24-20-21-18-3-1-2-4-19(18)23(20)17-7-9-22(10-8-17)13-16-12-14-5-6-15(16)11-14/h1-4,14-17H,5-13H2,(H,21,24). The zero-order valence-corrected chi connectivity index (χ0v) is 14.3. The van der Waals surface area contributed by atoms with Crippen LogP contribution < -0.4 is 5.69 Å². The van der Waals surface area contributed by atoms with E-state index in [1.807, 2.05) is 22.8 Å². The number of nitrogens with zero attached hydrogens (tertiary/aromatic N) is 2. The molecule has 24 heavy (non-hydrogen) atoms. The van der Waals surface area contributed by atoms with Crippen molar-refractivity contribution in [3.8, 4) is 0 Å². The minimum Gasteiger partial charge on any atom is -0.306 e. The van der Waals surface area contributed by atoms with Gasteiger partial charge in [-0.25, -0.2) is 4.79 Å². The van der Waals surface area contributed by atoms with Crippen LogP contribution in [0.15, 0.2) is 29.1 Å². The van der Waals surface area contributed by atoms with Crippen molar-refractivity contribution in [1.29, 1.82) is 0 Å². The molecular formula is C20H27N3O. The number of imidazole rings is 1. The van der Waals surface area contributed by atoms with Crippen LogP contribution in [-0.2, 0) is 0 Å². The SMILES string of the molecule is O=c1[nH]c2ccccc2n1C1CCN(CC2CC3CCC2C3)CC1. The number of nitrogens with one attached hydrogen (secondary N) is 1. The zero-order valence-electron chi connectivity index (χ0n) is 14.3. The van der Waals surface area contributed by atoms with E-state index >= 15 is 0 Å². The van der Waals surface area contributed by atoms with Gasteiger partial charge in [-0.3, -0.25) is 4.57 Å². The molecule has 3 atom stereocenters. The van der Waals surface area contributed by atoms with Gasteiger partial charge < -0.3 is 9.88 Å². The molecule has 2 saturated carbocycles. The van der Waals surface area contributed by atoms with E-state index < -0.39 is 0 Å². The number of rotatable bonds is 3. The third-order valence-electron chi connectivity index (χ3n) is 6.92. The molecule has 1 N–H and O–H groups in total. The van der Waals surface area contributed by atoms with E-state index in [0.717, 1.165) is 54.7 Å². The minimum atomic E-state index is 0.0581. The molecule has 5 rings (SSSR count). The lowest BCUT2D eigenvalue weighted by Gasteiger charge is -2.35. The van der Waals surface area contributed by atoms with Gasteiger partial charge in [-0.15, -0.1) is 0 Å². The second kappa shape index (κ2) is 5.76. The third kappa shape index (κ3) is 2.43. The number of H-pyrrole nitrogens is 1. The second-order valence-electron chi connectivity index (χ2n) is 8.28. The molecule has 4 nitrogen and oxygen atoms in total. The van der Waals surface area contributed by atoms with Crippen molar-refractivity contribution < 1.29 is 0 Å². The van der Waals surface area contributed by atoms with Crippen LogP contribution in [0.3, 0.4) is 0 Å². The molecule has 2 heterocycles. The van der Waals surface area contributed by atoms with Crippen LogP contribution in [0.5, 0.6) is 0 Å². The summed E-state index contributed by atoms with van der Waals surface area (Å²) in [6.07, 6.45) is 8.16. The van der Waals surface area contributed by atoms with Crippen LogP contribution in [0.25, 0.3) is 11.0 Å². The lowest BCUT2D eigenvalue weighted by atomic mass is 9.88. The molecule has 3 fully saturated rings. The molecule has 1 aliphatic heterocycles. The summed E-state index contributed by atoms with van der Waals surface area (Å²) in [6.45, 7) is 3.59. The highest BCUT2D eigenvalue weighted by Gasteiger charge is 2.40. The first-order valence-electron chi connectivity index (χ1n) is 9.69. The Hall–Kier alpha value is -1.55. The largest absolute Gasteiger partial charge is 0.326 e. The van der Waals surface area contributed by atoms with Gasteiger partial charge in [-0.1, -0.05) is 18.6 Å². The minimum absolute atomic E-state index is 0.0581. The number of hydrogen-bond donors (Lipinski definition) is 1. The first-order valence-corrected chi connectivity index (χ1v) is 9.69. The van der Waals surface area contributed by atoms with Crippen molar-refractivity contribution in [3.63, 3.8) is 0 Å². The van der Waals surface area contributed by atoms with Gasteiger partial charge in [-0.05, 0) is 62.0 Å². The Labute approximate surface area is 142 Å². The van der Waals surface area contributed by atoms with Crippen molar-refractivity contribution >= 4 is 11.0 Å². The summed E-state index contributed by atoms with van der Waals surface area (Å²) in [5, 5.41) is 0. The average molecular weight is 325 g/mol. The molecule has 2 aromatic rings. The first-order chi connectivity index (χ1) is 11.8. The normalized spacial score (nSPS) is 31.2. The number of aromatic amines is 1. The summed E-state index contributed by atoms with van der Waals surface area (Å²) >= 11 is 0. The Balaban J connectivity index is 1.26. The van der Waals surface area contributed by atoms with Gasteiger partial charge in [0.05, 0.1) is 11.0 Å². The monoisotopic (exact) mass is 325 g/mol. The van der Waals surface area contributed by atoms with E-state index in [9.17, 15) is 4.79 Å². The number of hydrogen-bond acceptors (Lipinski definition) is 2. The number of piperidine rings is 1.